The average molecular weight is 375 g/mol. The van der Waals surface area contributed by atoms with Gasteiger partial charge in [-0.1, -0.05) is 32.9 Å². The lowest BCUT2D eigenvalue weighted by molar-refractivity contribution is -0.122. The van der Waals surface area contributed by atoms with Gasteiger partial charge in [-0.15, -0.1) is 11.3 Å². The van der Waals surface area contributed by atoms with E-state index in [1.165, 1.54) is 11.3 Å². The number of anilines is 1. The third-order valence-electron chi connectivity index (χ3n) is 4.25. The van der Waals surface area contributed by atoms with Crippen LogP contribution in [0.4, 0.5) is 5.00 Å². The molecule has 0 bridgehead atoms. The van der Waals surface area contributed by atoms with Gasteiger partial charge in [0.2, 0.25) is 0 Å². The number of thiophene rings is 1. The zero-order valence-corrected chi connectivity index (χ0v) is 16.9. The van der Waals surface area contributed by atoms with E-state index < -0.39 is 12.0 Å². The molecular formula is C20H26N2O3S. The maximum Gasteiger partial charge on any atom is 0.265 e. The summed E-state index contributed by atoms with van der Waals surface area (Å²) in [5, 5.41) is 3.24. The summed E-state index contributed by atoms with van der Waals surface area (Å²) in [5.74, 6) is -0.239. The summed E-state index contributed by atoms with van der Waals surface area (Å²) in [6, 6.07) is 7.72. The minimum Gasteiger partial charge on any atom is -0.481 e. The number of hydrogen-bond donors (Lipinski definition) is 2. The minimum atomic E-state index is -0.714. The van der Waals surface area contributed by atoms with Gasteiger partial charge in [0.1, 0.15) is 10.8 Å². The second-order valence-corrected chi connectivity index (χ2v) is 8.60. The van der Waals surface area contributed by atoms with Gasteiger partial charge in [0.15, 0.2) is 6.10 Å². The molecule has 1 aromatic carbocycles. The molecule has 0 spiro atoms. The molecule has 0 saturated heterocycles. The predicted octanol–water partition coefficient (Wildman–Crippen LogP) is 4.17. The van der Waals surface area contributed by atoms with E-state index in [0.717, 1.165) is 16.0 Å². The Morgan fingerprint density at radius 2 is 1.88 bits per heavy atom. The summed E-state index contributed by atoms with van der Waals surface area (Å²) in [4.78, 5) is 25.1. The lowest BCUT2D eigenvalue weighted by Crippen LogP contribution is -2.30. The molecule has 2 rings (SSSR count). The molecule has 0 radical (unpaired) electrons. The van der Waals surface area contributed by atoms with Crippen LogP contribution in [0, 0.1) is 13.8 Å². The van der Waals surface area contributed by atoms with E-state index in [0.29, 0.717) is 16.3 Å². The molecule has 0 saturated carbocycles. The van der Waals surface area contributed by atoms with E-state index in [-0.39, 0.29) is 11.3 Å². The first-order valence-electron chi connectivity index (χ1n) is 8.48. The number of rotatable bonds is 5. The van der Waals surface area contributed by atoms with Crippen molar-refractivity contribution in [2.45, 2.75) is 53.1 Å². The highest BCUT2D eigenvalue weighted by Gasteiger charge is 2.22. The first-order valence-corrected chi connectivity index (χ1v) is 9.30. The number of carbonyl (C=O) groups is 2. The van der Waals surface area contributed by atoms with Gasteiger partial charge >= 0.3 is 0 Å². The zero-order valence-electron chi connectivity index (χ0n) is 16.1. The van der Waals surface area contributed by atoms with Crippen molar-refractivity contribution in [2.24, 2.45) is 5.73 Å². The Bertz CT molecular complexity index is 834. The average Bonchev–Trinajstić information content (AvgIpc) is 2.81. The second-order valence-electron chi connectivity index (χ2n) is 7.38. The van der Waals surface area contributed by atoms with Crippen molar-refractivity contribution in [1.29, 1.82) is 0 Å². The number of nitrogens with one attached hydrogen (secondary N) is 1. The van der Waals surface area contributed by atoms with Crippen molar-refractivity contribution in [3.8, 4) is 5.75 Å². The summed E-state index contributed by atoms with van der Waals surface area (Å²) in [6.07, 6.45) is -0.714. The number of amides is 2. The quantitative estimate of drug-likeness (QED) is 0.824. The highest BCUT2D eigenvalue weighted by atomic mass is 32.1. The van der Waals surface area contributed by atoms with Gasteiger partial charge in [-0.25, -0.2) is 0 Å². The molecule has 1 unspecified atom stereocenters. The fourth-order valence-corrected chi connectivity index (χ4v) is 3.59. The molecule has 5 nitrogen and oxygen atoms in total. The Balaban J connectivity index is 2.14. The Morgan fingerprint density at radius 1 is 1.23 bits per heavy atom. The summed E-state index contributed by atoms with van der Waals surface area (Å²) in [5.41, 5.74) is 7.73. The Labute approximate surface area is 158 Å². The second kappa shape index (κ2) is 7.50. The number of hydrogen-bond acceptors (Lipinski definition) is 4. The van der Waals surface area contributed by atoms with Gasteiger partial charge in [-0.3, -0.25) is 9.59 Å². The monoisotopic (exact) mass is 374 g/mol. The van der Waals surface area contributed by atoms with Crippen LogP contribution in [0.3, 0.4) is 0 Å². The maximum atomic E-state index is 12.5. The molecular weight excluding hydrogens is 348 g/mol. The SMILES string of the molecule is Cc1sc(NC(=O)C(C)Oc2cccc(C(C)(C)C)c2)c(C(N)=O)c1C. The van der Waals surface area contributed by atoms with Crippen LogP contribution < -0.4 is 15.8 Å². The van der Waals surface area contributed by atoms with Crippen molar-refractivity contribution < 1.29 is 14.3 Å². The number of aryl methyl sites for hydroxylation is 1. The van der Waals surface area contributed by atoms with Crippen molar-refractivity contribution in [1.82, 2.24) is 0 Å². The van der Waals surface area contributed by atoms with Crippen molar-refractivity contribution in [3.63, 3.8) is 0 Å². The van der Waals surface area contributed by atoms with Gasteiger partial charge in [-0.05, 0) is 49.4 Å². The number of benzene rings is 1. The molecule has 0 aliphatic carbocycles. The lowest BCUT2D eigenvalue weighted by atomic mass is 9.87. The maximum absolute atomic E-state index is 12.5. The minimum absolute atomic E-state index is 0.00667. The molecule has 0 aliphatic heterocycles. The van der Waals surface area contributed by atoms with Gasteiger partial charge in [0.25, 0.3) is 11.8 Å². The Hall–Kier alpha value is -2.34. The fraction of sp³-hybridized carbons (Fsp3) is 0.400. The third-order valence-corrected chi connectivity index (χ3v) is 5.37. The smallest absolute Gasteiger partial charge is 0.265 e. The van der Waals surface area contributed by atoms with Gasteiger partial charge in [-0.2, -0.15) is 0 Å². The molecule has 0 fully saturated rings. The molecule has 26 heavy (non-hydrogen) atoms. The predicted molar refractivity (Wildman–Crippen MR) is 106 cm³/mol. The molecule has 6 heteroatoms. The molecule has 1 atom stereocenters. The molecule has 0 aliphatic rings. The first kappa shape index (κ1) is 20.0. The summed E-state index contributed by atoms with van der Waals surface area (Å²) >= 11 is 1.34. The van der Waals surface area contributed by atoms with Crippen LogP contribution in [0.5, 0.6) is 5.75 Å². The van der Waals surface area contributed by atoms with Crippen molar-refractivity contribution in [3.05, 3.63) is 45.8 Å². The van der Waals surface area contributed by atoms with Gasteiger partial charge < -0.3 is 15.8 Å². The van der Waals surface area contributed by atoms with Crippen LogP contribution >= 0.6 is 11.3 Å². The molecule has 1 heterocycles. The highest BCUT2D eigenvalue weighted by molar-refractivity contribution is 7.16. The first-order chi connectivity index (χ1) is 12.0. The molecule has 2 amide bonds. The van der Waals surface area contributed by atoms with E-state index in [4.69, 9.17) is 10.5 Å². The van der Waals surface area contributed by atoms with Crippen LogP contribution in [0.2, 0.25) is 0 Å². The summed E-state index contributed by atoms with van der Waals surface area (Å²) < 4.78 is 5.80. The van der Waals surface area contributed by atoms with Gasteiger partial charge in [0.05, 0.1) is 5.56 Å². The lowest BCUT2D eigenvalue weighted by Gasteiger charge is -2.21. The summed E-state index contributed by atoms with van der Waals surface area (Å²) in [7, 11) is 0. The van der Waals surface area contributed by atoms with Gasteiger partial charge in [0, 0.05) is 4.88 Å². The topological polar surface area (TPSA) is 81.4 Å². The van der Waals surface area contributed by atoms with Crippen LogP contribution in [0.25, 0.3) is 0 Å². The van der Waals surface area contributed by atoms with Crippen molar-refractivity contribution >= 4 is 28.2 Å². The Kier molecular flexibility index (Phi) is 5.76. The molecule has 3 N–H and O–H groups in total. The molecule has 2 aromatic rings. The van der Waals surface area contributed by atoms with Crippen LogP contribution in [0.15, 0.2) is 24.3 Å². The summed E-state index contributed by atoms with van der Waals surface area (Å²) in [6.45, 7) is 11.7. The van der Waals surface area contributed by atoms with E-state index in [2.05, 4.69) is 26.1 Å². The van der Waals surface area contributed by atoms with Crippen LogP contribution in [-0.2, 0) is 10.2 Å². The number of primary amides is 1. The molecule has 140 valence electrons. The van der Waals surface area contributed by atoms with Crippen molar-refractivity contribution in [2.75, 3.05) is 5.32 Å². The standard InChI is InChI=1S/C20H26N2O3S/c1-11-13(3)26-19(16(11)17(21)23)22-18(24)12(2)25-15-9-7-8-14(10-15)20(4,5)6/h7-10,12H,1-6H3,(H2,21,23)(H,22,24). The van der Waals surface area contributed by atoms with Crippen LogP contribution in [-0.4, -0.2) is 17.9 Å². The Morgan fingerprint density at radius 3 is 2.46 bits per heavy atom. The van der Waals surface area contributed by atoms with E-state index in [1.54, 1.807) is 6.92 Å². The largest absolute Gasteiger partial charge is 0.481 e. The van der Waals surface area contributed by atoms with E-state index >= 15 is 0 Å². The zero-order chi connectivity index (χ0) is 19.6. The van der Waals surface area contributed by atoms with Crippen LogP contribution in [0.1, 0.15) is 54.1 Å². The van der Waals surface area contributed by atoms with E-state index in [9.17, 15) is 9.59 Å². The van der Waals surface area contributed by atoms with E-state index in [1.807, 2.05) is 38.1 Å². The number of carbonyl (C=O) groups excluding carboxylic acids is 2. The fourth-order valence-electron chi connectivity index (χ4n) is 2.52. The highest BCUT2D eigenvalue weighted by Crippen LogP contribution is 2.32. The normalized spacial score (nSPS) is 12.5. The number of nitrogens with two attached hydrogens (primary N) is 1. The number of ether oxygens (including phenoxy) is 1. The third kappa shape index (κ3) is 4.43. The molecule has 1 aromatic heterocycles.